The van der Waals surface area contributed by atoms with Gasteiger partial charge in [-0.2, -0.15) is 0 Å². The predicted molar refractivity (Wildman–Crippen MR) is 30.0 cm³/mol. The van der Waals surface area contributed by atoms with Gasteiger partial charge in [-0.15, -0.1) is 0 Å². The molecular formula is C5H10N2O. The number of nitrogens with one attached hydrogen (secondary N) is 1. The lowest BCUT2D eigenvalue weighted by atomic mass is 10.4. The van der Waals surface area contributed by atoms with E-state index in [1.807, 2.05) is 5.01 Å². The van der Waals surface area contributed by atoms with Crippen LogP contribution in [0.3, 0.4) is 0 Å². The molecule has 0 aromatic carbocycles. The van der Waals surface area contributed by atoms with E-state index in [2.05, 4.69) is 5.43 Å². The van der Waals surface area contributed by atoms with Crippen molar-refractivity contribution >= 4 is 6.41 Å². The van der Waals surface area contributed by atoms with E-state index in [9.17, 15) is 4.79 Å². The first-order valence-corrected chi connectivity index (χ1v) is 2.88. The Balaban J connectivity index is 2.14. The highest BCUT2D eigenvalue weighted by Crippen LogP contribution is 2.01. The summed E-state index contributed by atoms with van der Waals surface area (Å²) in [6, 6.07) is 0. The van der Waals surface area contributed by atoms with E-state index in [-0.39, 0.29) is 0 Å². The molecule has 1 aliphatic rings. The lowest BCUT2D eigenvalue weighted by molar-refractivity contribution is -0.113. The van der Waals surface area contributed by atoms with E-state index in [1.54, 1.807) is 0 Å². The molecule has 0 bridgehead atoms. The van der Waals surface area contributed by atoms with E-state index < -0.39 is 0 Å². The Kier molecular flexibility index (Phi) is 1.86. The zero-order valence-corrected chi connectivity index (χ0v) is 4.76. The minimum atomic E-state index is 0.728. The van der Waals surface area contributed by atoms with Crippen LogP contribution in [-0.2, 0) is 4.79 Å². The van der Waals surface area contributed by atoms with Gasteiger partial charge in [0.15, 0.2) is 0 Å². The van der Waals surface area contributed by atoms with Crippen LogP contribution in [0.4, 0.5) is 0 Å². The number of hydrogen-bond donors (Lipinski definition) is 1. The molecule has 46 valence electrons. The summed E-state index contributed by atoms with van der Waals surface area (Å²) in [6.45, 7) is 2.03. The number of amides is 1. The van der Waals surface area contributed by atoms with Gasteiger partial charge in [-0.1, -0.05) is 0 Å². The van der Waals surface area contributed by atoms with E-state index in [0.717, 1.165) is 19.5 Å². The van der Waals surface area contributed by atoms with Gasteiger partial charge in [0, 0.05) is 13.1 Å². The molecule has 0 saturated carbocycles. The highest BCUT2D eigenvalue weighted by molar-refractivity contribution is 5.44. The summed E-state index contributed by atoms with van der Waals surface area (Å²) in [5, 5.41) is 1.92. The molecule has 8 heavy (non-hydrogen) atoms. The Morgan fingerprint density at radius 2 is 2.00 bits per heavy atom. The van der Waals surface area contributed by atoms with Crippen LogP contribution >= 0.6 is 0 Å². The number of hydrogen-bond acceptors (Lipinski definition) is 2. The fourth-order valence-corrected chi connectivity index (χ4v) is 0.921. The fraction of sp³-hybridized carbons (Fsp3) is 0.800. The molecule has 1 amide bonds. The SMILES string of the molecule is O=CNN1CCCC1. The van der Waals surface area contributed by atoms with Crippen LogP contribution in [0.25, 0.3) is 0 Å². The molecule has 0 spiro atoms. The maximum Gasteiger partial charge on any atom is 0.221 e. The second-order valence-corrected chi connectivity index (χ2v) is 1.94. The Hall–Kier alpha value is -0.570. The lowest BCUT2D eigenvalue weighted by Crippen LogP contribution is -2.33. The third kappa shape index (κ3) is 1.20. The van der Waals surface area contributed by atoms with Crippen LogP contribution in [0.15, 0.2) is 0 Å². The van der Waals surface area contributed by atoms with Crippen molar-refractivity contribution in [1.29, 1.82) is 0 Å². The molecule has 0 radical (unpaired) electrons. The number of carbonyl (C=O) groups is 1. The van der Waals surface area contributed by atoms with Gasteiger partial charge in [0.25, 0.3) is 0 Å². The van der Waals surface area contributed by atoms with Gasteiger partial charge >= 0.3 is 0 Å². The van der Waals surface area contributed by atoms with Gasteiger partial charge < -0.3 is 0 Å². The van der Waals surface area contributed by atoms with Crippen LogP contribution in [0.5, 0.6) is 0 Å². The van der Waals surface area contributed by atoms with E-state index in [0.29, 0.717) is 0 Å². The second-order valence-electron chi connectivity index (χ2n) is 1.94. The largest absolute Gasteiger partial charge is 0.292 e. The Labute approximate surface area is 48.6 Å². The number of nitrogens with zero attached hydrogens (tertiary/aromatic N) is 1. The topological polar surface area (TPSA) is 32.3 Å². The molecule has 3 nitrogen and oxygen atoms in total. The molecule has 1 aliphatic heterocycles. The third-order valence-corrected chi connectivity index (χ3v) is 1.34. The minimum Gasteiger partial charge on any atom is -0.292 e. The van der Waals surface area contributed by atoms with Crippen molar-refractivity contribution in [3.05, 3.63) is 0 Å². The fourth-order valence-electron chi connectivity index (χ4n) is 0.921. The molecule has 0 atom stereocenters. The summed E-state index contributed by atoms with van der Waals surface area (Å²) in [7, 11) is 0. The van der Waals surface area contributed by atoms with Crippen LogP contribution in [0.2, 0.25) is 0 Å². The van der Waals surface area contributed by atoms with E-state index >= 15 is 0 Å². The molecule has 3 heteroatoms. The molecular weight excluding hydrogens is 104 g/mol. The first-order chi connectivity index (χ1) is 3.93. The van der Waals surface area contributed by atoms with E-state index in [1.165, 1.54) is 12.8 Å². The van der Waals surface area contributed by atoms with Crippen LogP contribution < -0.4 is 5.43 Å². The highest BCUT2D eigenvalue weighted by atomic mass is 16.1. The number of rotatable bonds is 2. The molecule has 1 heterocycles. The molecule has 1 rings (SSSR count). The summed E-state index contributed by atoms with van der Waals surface area (Å²) in [4.78, 5) is 9.81. The third-order valence-electron chi connectivity index (χ3n) is 1.34. The Morgan fingerprint density at radius 1 is 1.38 bits per heavy atom. The van der Waals surface area contributed by atoms with Gasteiger partial charge in [-0.3, -0.25) is 10.2 Å². The second kappa shape index (κ2) is 2.67. The van der Waals surface area contributed by atoms with Crippen molar-refractivity contribution in [3.8, 4) is 0 Å². The van der Waals surface area contributed by atoms with Gasteiger partial charge in [-0.05, 0) is 12.8 Å². The molecule has 0 aliphatic carbocycles. The predicted octanol–water partition coefficient (Wildman–Crippen LogP) is -0.257. The van der Waals surface area contributed by atoms with Crippen LogP contribution in [0, 0.1) is 0 Å². The monoisotopic (exact) mass is 114 g/mol. The lowest BCUT2D eigenvalue weighted by Gasteiger charge is -2.10. The average Bonchev–Trinajstić information content (AvgIpc) is 2.19. The highest BCUT2D eigenvalue weighted by Gasteiger charge is 2.08. The van der Waals surface area contributed by atoms with Gasteiger partial charge in [0.2, 0.25) is 6.41 Å². The Morgan fingerprint density at radius 3 is 2.50 bits per heavy atom. The smallest absolute Gasteiger partial charge is 0.221 e. The zero-order valence-electron chi connectivity index (χ0n) is 4.76. The summed E-state index contributed by atoms with van der Waals surface area (Å²) >= 11 is 0. The maximum atomic E-state index is 9.81. The molecule has 0 aromatic rings. The summed E-state index contributed by atoms with van der Waals surface area (Å²) in [5.41, 5.74) is 2.60. The maximum absolute atomic E-state index is 9.81. The first-order valence-electron chi connectivity index (χ1n) is 2.88. The van der Waals surface area contributed by atoms with Crippen molar-refractivity contribution in [2.75, 3.05) is 13.1 Å². The average molecular weight is 114 g/mol. The molecule has 1 saturated heterocycles. The van der Waals surface area contributed by atoms with Crippen LogP contribution in [0.1, 0.15) is 12.8 Å². The van der Waals surface area contributed by atoms with Gasteiger partial charge in [-0.25, -0.2) is 5.01 Å². The number of hydrazine groups is 1. The molecule has 1 N–H and O–H groups in total. The van der Waals surface area contributed by atoms with Gasteiger partial charge in [0.1, 0.15) is 0 Å². The first kappa shape index (κ1) is 5.56. The minimum absolute atomic E-state index is 0.728. The summed E-state index contributed by atoms with van der Waals surface area (Å²) in [6.07, 6.45) is 3.15. The molecule has 1 fully saturated rings. The van der Waals surface area contributed by atoms with Crippen molar-refractivity contribution in [2.45, 2.75) is 12.8 Å². The van der Waals surface area contributed by atoms with Gasteiger partial charge in [0.05, 0.1) is 0 Å². The zero-order chi connectivity index (χ0) is 5.82. The Bertz CT molecular complexity index is 78.5. The van der Waals surface area contributed by atoms with Crippen molar-refractivity contribution < 1.29 is 4.79 Å². The van der Waals surface area contributed by atoms with Crippen molar-refractivity contribution in [3.63, 3.8) is 0 Å². The van der Waals surface area contributed by atoms with E-state index in [4.69, 9.17) is 0 Å². The standard InChI is InChI=1S/C5H10N2O/c8-5-6-7-3-1-2-4-7/h5H,1-4H2,(H,6,8). The number of carbonyl (C=O) groups excluding carboxylic acids is 1. The van der Waals surface area contributed by atoms with Crippen molar-refractivity contribution in [2.24, 2.45) is 0 Å². The quantitative estimate of drug-likeness (QED) is 0.502. The molecule has 0 unspecified atom stereocenters. The summed E-state index contributed by atoms with van der Waals surface area (Å²) < 4.78 is 0. The summed E-state index contributed by atoms with van der Waals surface area (Å²) in [5.74, 6) is 0. The van der Waals surface area contributed by atoms with Crippen LogP contribution in [-0.4, -0.2) is 24.5 Å². The molecule has 0 aromatic heterocycles. The van der Waals surface area contributed by atoms with Crippen molar-refractivity contribution in [1.82, 2.24) is 10.4 Å². The normalized spacial score (nSPS) is 21.0.